The number of rotatable bonds is 10. The van der Waals surface area contributed by atoms with Crippen LogP contribution < -0.4 is 19.6 Å². The molecule has 0 spiro atoms. The second kappa shape index (κ2) is 13.4. The molecule has 0 aliphatic heterocycles. The monoisotopic (exact) mass is 620 g/mol. The van der Waals surface area contributed by atoms with Gasteiger partial charge in [0.05, 0.1) is 11.8 Å². The number of nitrogens with zero attached hydrogens (tertiary/aromatic N) is 1. The Morgan fingerprint density at radius 2 is 1.47 bits per heavy atom. The van der Waals surface area contributed by atoms with Gasteiger partial charge in [-0.3, -0.25) is 4.79 Å². The largest absolute Gasteiger partial charge is 0.489 e. The maximum absolute atomic E-state index is 12.4. The van der Waals surface area contributed by atoms with E-state index in [1.165, 1.54) is 6.21 Å². The molecule has 0 radical (unpaired) electrons. The van der Waals surface area contributed by atoms with E-state index in [2.05, 4.69) is 33.1 Å². The predicted octanol–water partition coefficient (Wildman–Crippen LogP) is 6.01. The van der Waals surface area contributed by atoms with E-state index in [4.69, 9.17) is 14.2 Å². The molecule has 0 fully saturated rings. The second-order valence-corrected chi connectivity index (χ2v) is 9.34. The normalized spacial score (nSPS) is 11.5. The number of halogens is 1. The van der Waals surface area contributed by atoms with Crippen molar-refractivity contribution >= 4 is 40.7 Å². The third kappa shape index (κ3) is 7.91. The van der Waals surface area contributed by atoms with Gasteiger partial charge >= 0.3 is 5.97 Å². The lowest BCUT2D eigenvalue weighted by atomic mass is 10.2. The van der Waals surface area contributed by atoms with Gasteiger partial charge < -0.3 is 14.2 Å². The van der Waals surface area contributed by atoms with E-state index in [0.29, 0.717) is 29.4 Å². The minimum absolute atomic E-state index is 0.395. The van der Waals surface area contributed by atoms with Gasteiger partial charge in [-0.05, 0) is 101 Å². The number of benzene rings is 4. The Hall–Kier alpha value is -4.18. The van der Waals surface area contributed by atoms with Gasteiger partial charge in [0, 0.05) is 3.57 Å². The Morgan fingerprint density at radius 3 is 2.18 bits per heavy atom. The fraction of sp³-hybridized carbons (Fsp3) is 0.100. The SMILES string of the molecule is C[C@@H](Oc1ccc(OCc2ccccc2)cc1)C(=O)N/N=C\c1ccc(OC(=O)c2ccccc2I)cc1. The van der Waals surface area contributed by atoms with Crippen LogP contribution in [0.1, 0.15) is 28.4 Å². The zero-order valence-electron chi connectivity index (χ0n) is 20.5. The summed E-state index contributed by atoms with van der Waals surface area (Å²) in [6.07, 6.45) is 0.737. The fourth-order valence-corrected chi connectivity index (χ4v) is 3.89. The van der Waals surface area contributed by atoms with Gasteiger partial charge in [0.25, 0.3) is 5.91 Å². The highest BCUT2D eigenvalue weighted by atomic mass is 127. The van der Waals surface area contributed by atoms with E-state index in [9.17, 15) is 9.59 Å². The third-order valence-corrected chi connectivity index (χ3v) is 6.27. The van der Waals surface area contributed by atoms with Crippen molar-refractivity contribution in [3.63, 3.8) is 0 Å². The topological polar surface area (TPSA) is 86.2 Å². The van der Waals surface area contributed by atoms with Gasteiger partial charge in [-0.25, -0.2) is 10.2 Å². The Labute approximate surface area is 234 Å². The van der Waals surface area contributed by atoms with Gasteiger partial charge in [0.2, 0.25) is 0 Å². The summed E-state index contributed by atoms with van der Waals surface area (Å²) < 4.78 is 17.7. The van der Waals surface area contributed by atoms with Gasteiger partial charge in [0.1, 0.15) is 23.9 Å². The van der Waals surface area contributed by atoms with E-state index in [1.54, 1.807) is 67.6 Å². The van der Waals surface area contributed by atoms with E-state index < -0.39 is 18.0 Å². The molecule has 192 valence electrons. The highest BCUT2D eigenvalue weighted by Crippen LogP contribution is 2.20. The fourth-order valence-electron chi connectivity index (χ4n) is 3.29. The summed E-state index contributed by atoms with van der Waals surface area (Å²) >= 11 is 2.09. The molecule has 0 aromatic heterocycles. The van der Waals surface area contributed by atoms with Crippen molar-refractivity contribution in [3.05, 3.63) is 123 Å². The first-order valence-electron chi connectivity index (χ1n) is 11.8. The molecule has 4 aromatic carbocycles. The van der Waals surface area contributed by atoms with E-state index in [-0.39, 0.29) is 0 Å². The van der Waals surface area contributed by atoms with Crippen molar-refractivity contribution in [2.45, 2.75) is 19.6 Å². The number of amides is 1. The maximum atomic E-state index is 12.4. The van der Waals surface area contributed by atoms with Crippen molar-refractivity contribution in [2.24, 2.45) is 5.10 Å². The van der Waals surface area contributed by atoms with Crippen molar-refractivity contribution in [1.82, 2.24) is 5.43 Å². The molecule has 7 nitrogen and oxygen atoms in total. The number of nitrogens with one attached hydrogen (secondary N) is 1. The van der Waals surface area contributed by atoms with Crippen LogP contribution in [0, 0.1) is 3.57 Å². The zero-order chi connectivity index (χ0) is 26.7. The molecule has 0 aliphatic carbocycles. The van der Waals surface area contributed by atoms with Crippen LogP contribution in [0.3, 0.4) is 0 Å². The number of hydrogen-bond acceptors (Lipinski definition) is 6. The van der Waals surface area contributed by atoms with Crippen LogP contribution in [-0.4, -0.2) is 24.2 Å². The van der Waals surface area contributed by atoms with Crippen molar-refractivity contribution in [1.29, 1.82) is 0 Å². The smallest absolute Gasteiger partial charge is 0.344 e. The number of hydrogen-bond donors (Lipinski definition) is 1. The van der Waals surface area contributed by atoms with E-state index >= 15 is 0 Å². The van der Waals surface area contributed by atoms with Crippen molar-refractivity contribution in [2.75, 3.05) is 0 Å². The van der Waals surface area contributed by atoms with Crippen LogP contribution >= 0.6 is 22.6 Å². The number of carbonyl (C=O) groups excluding carboxylic acids is 2. The summed E-state index contributed by atoms with van der Waals surface area (Å²) in [7, 11) is 0. The Morgan fingerprint density at radius 1 is 0.842 bits per heavy atom. The maximum Gasteiger partial charge on any atom is 0.344 e. The lowest BCUT2D eigenvalue weighted by Gasteiger charge is -2.13. The number of ether oxygens (including phenoxy) is 3. The average molecular weight is 620 g/mol. The molecule has 38 heavy (non-hydrogen) atoms. The number of carbonyl (C=O) groups is 2. The molecule has 1 amide bonds. The second-order valence-electron chi connectivity index (χ2n) is 8.18. The first-order chi connectivity index (χ1) is 18.5. The lowest BCUT2D eigenvalue weighted by molar-refractivity contribution is -0.127. The van der Waals surface area contributed by atoms with Crippen molar-refractivity contribution in [3.8, 4) is 17.2 Å². The molecule has 4 rings (SSSR count). The highest BCUT2D eigenvalue weighted by Gasteiger charge is 2.14. The van der Waals surface area contributed by atoms with E-state index in [0.717, 1.165) is 14.7 Å². The third-order valence-electron chi connectivity index (χ3n) is 5.33. The van der Waals surface area contributed by atoms with Crippen LogP contribution in [0.5, 0.6) is 17.2 Å². The van der Waals surface area contributed by atoms with Gasteiger partial charge in [0.15, 0.2) is 6.10 Å². The predicted molar refractivity (Wildman–Crippen MR) is 154 cm³/mol. The standard InChI is InChI=1S/C30H25IN2O5/c1-21(37-25-17-15-24(16-18-25)36-20-23-7-3-2-4-8-23)29(34)33-32-19-22-11-13-26(14-12-22)38-30(35)27-9-5-6-10-28(27)31/h2-19,21H,20H2,1H3,(H,33,34)/b32-19-/t21-/m1/s1. The average Bonchev–Trinajstić information content (AvgIpc) is 2.94. The Bertz CT molecular complexity index is 1390. The van der Waals surface area contributed by atoms with Crippen molar-refractivity contribution < 1.29 is 23.8 Å². The summed E-state index contributed by atoms with van der Waals surface area (Å²) in [6.45, 7) is 2.11. The Balaban J connectivity index is 1.22. The summed E-state index contributed by atoms with van der Waals surface area (Å²) in [5.74, 6) is 0.840. The first-order valence-corrected chi connectivity index (χ1v) is 12.9. The summed E-state index contributed by atoms with van der Waals surface area (Å²) in [4.78, 5) is 24.7. The molecule has 0 unspecified atom stereocenters. The summed E-state index contributed by atoms with van der Waals surface area (Å²) in [6, 6.07) is 31.0. The molecule has 0 bridgehead atoms. The molecule has 8 heteroatoms. The summed E-state index contributed by atoms with van der Waals surface area (Å²) in [5, 5.41) is 3.99. The van der Waals surface area contributed by atoms with Gasteiger partial charge in [-0.15, -0.1) is 0 Å². The molecular formula is C30H25IN2O5. The van der Waals surface area contributed by atoms with Crippen LogP contribution in [0.2, 0.25) is 0 Å². The van der Waals surface area contributed by atoms with Crippen LogP contribution in [0.15, 0.2) is 108 Å². The quantitative estimate of drug-likeness (QED) is 0.0773. The molecule has 0 heterocycles. The van der Waals surface area contributed by atoms with Crippen LogP contribution in [0.4, 0.5) is 0 Å². The minimum Gasteiger partial charge on any atom is -0.489 e. The highest BCUT2D eigenvalue weighted by molar-refractivity contribution is 14.1. The molecule has 0 aliphatic rings. The molecule has 1 N–H and O–H groups in total. The van der Waals surface area contributed by atoms with E-state index in [1.807, 2.05) is 42.5 Å². The molecule has 4 aromatic rings. The lowest BCUT2D eigenvalue weighted by Crippen LogP contribution is -2.33. The number of esters is 1. The van der Waals surface area contributed by atoms with Crippen LogP contribution in [0.25, 0.3) is 0 Å². The van der Waals surface area contributed by atoms with Gasteiger partial charge in [-0.1, -0.05) is 42.5 Å². The Kier molecular flexibility index (Phi) is 9.47. The summed E-state index contributed by atoms with van der Waals surface area (Å²) in [5.41, 5.74) is 4.78. The molecular weight excluding hydrogens is 595 g/mol. The first kappa shape index (κ1) is 26.9. The van der Waals surface area contributed by atoms with Crippen LogP contribution in [-0.2, 0) is 11.4 Å². The molecule has 1 atom stereocenters. The molecule has 0 saturated carbocycles. The minimum atomic E-state index is -0.759. The van der Waals surface area contributed by atoms with Gasteiger partial charge in [-0.2, -0.15) is 5.10 Å². The zero-order valence-corrected chi connectivity index (χ0v) is 22.7. The molecule has 0 saturated heterocycles. The number of hydrazone groups is 1.